The quantitative estimate of drug-likeness (QED) is 0.647. The lowest BCUT2D eigenvalue weighted by atomic mass is 9.89. The fourth-order valence-corrected chi connectivity index (χ4v) is 3.60. The highest BCUT2D eigenvalue weighted by molar-refractivity contribution is 5.13. The van der Waals surface area contributed by atoms with Crippen LogP contribution in [-0.4, -0.2) is 70.9 Å². The van der Waals surface area contributed by atoms with E-state index >= 15 is 0 Å². The normalized spacial score (nSPS) is 35.0. The molecule has 0 spiro atoms. The van der Waals surface area contributed by atoms with Gasteiger partial charge in [-0.3, -0.25) is 0 Å². The van der Waals surface area contributed by atoms with E-state index in [0.29, 0.717) is 19.4 Å². The number of fused-ring (bicyclic) bond motifs is 1. The topological polar surface area (TPSA) is 97.6 Å². The van der Waals surface area contributed by atoms with Crippen molar-refractivity contribution < 1.29 is 34.3 Å². The second-order valence-corrected chi connectivity index (χ2v) is 7.48. The summed E-state index contributed by atoms with van der Waals surface area (Å²) in [5, 5.41) is 31.3. The third-order valence-electron chi connectivity index (χ3n) is 4.92. The molecule has 3 N–H and O–H groups in total. The van der Waals surface area contributed by atoms with Crippen molar-refractivity contribution in [2.24, 2.45) is 0 Å². The lowest BCUT2D eigenvalue weighted by molar-refractivity contribution is -0.315. The summed E-state index contributed by atoms with van der Waals surface area (Å²) in [4.78, 5) is 0. The molecule has 0 unspecified atom stereocenters. The molecule has 0 bridgehead atoms. The first-order valence-corrected chi connectivity index (χ1v) is 9.58. The highest BCUT2D eigenvalue weighted by Gasteiger charge is 2.50. The number of hydrogen-bond donors (Lipinski definition) is 3. The van der Waals surface area contributed by atoms with Crippen molar-refractivity contribution in [3.8, 4) is 0 Å². The summed E-state index contributed by atoms with van der Waals surface area (Å²) in [6.45, 7) is 4.19. The molecule has 7 atom stereocenters. The molecule has 0 radical (unpaired) electrons. The van der Waals surface area contributed by atoms with Gasteiger partial charge in [-0.25, -0.2) is 0 Å². The summed E-state index contributed by atoms with van der Waals surface area (Å²) in [5.41, 5.74) is 0.992. The average Bonchev–Trinajstić information content (AvgIpc) is 2.65. The molecule has 2 saturated heterocycles. The first-order chi connectivity index (χ1) is 13.0. The molecule has 152 valence electrons. The lowest BCUT2D eigenvalue weighted by Gasteiger charge is -2.47. The molecular weight excluding hydrogens is 352 g/mol. The first kappa shape index (κ1) is 20.7. The second-order valence-electron chi connectivity index (χ2n) is 7.48. The number of hydrogen-bond acceptors (Lipinski definition) is 7. The Bertz CT molecular complexity index is 565. The number of benzene rings is 1. The van der Waals surface area contributed by atoms with Crippen LogP contribution in [0.5, 0.6) is 0 Å². The molecule has 2 aliphatic rings. The van der Waals surface area contributed by atoms with E-state index in [0.717, 1.165) is 5.56 Å². The summed E-state index contributed by atoms with van der Waals surface area (Å²) < 4.78 is 22.8. The van der Waals surface area contributed by atoms with Gasteiger partial charge in [0.2, 0.25) is 0 Å². The summed E-state index contributed by atoms with van der Waals surface area (Å²) in [6.07, 6.45) is -4.63. The van der Waals surface area contributed by atoms with Crippen LogP contribution < -0.4 is 0 Å². The van der Waals surface area contributed by atoms with Gasteiger partial charge in [0.05, 0.1) is 25.4 Å². The van der Waals surface area contributed by atoms with Crippen molar-refractivity contribution in [1.82, 2.24) is 0 Å². The van der Waals surface area contributed by atoms with Gasteiger partial charge in [0.25, 0.3) is 0 Å². The Morgan fingerprint density at radius 2 is 1.81 bits per heavy atom. The van der Waals surface area contributed by atoms with Gasteiger partial charge in [-0.15, -0.1) is 0 Å². The van der Waals surface area contributed by atoms with E-state index in [1.165, 1.54) is 0 Å². The van der Waals surface area contributed by atoms with E-state index in [4.69, 9.17) is 18.9 Å². The van der Waals surface area contributed by atoms with Gasteiger partial charge in [0.15, 0.2) is 6.29 Å². The molecule has 2 heterocycles. The fourth-order valence-electron chi connectivity index (χ4n) is 3.60. The number of ether oxygens (including phenoxy) is 4. The summed E-state index contributed by atoms with van der Waals surface area (Å²) >= 11 is 0. The molecule has 1 aromatic rings. The van der Waals surface area contributed by atoms with Crippen LogP contribution in [-0.2, 0) is 25.6 Å². The monoisotopic (exact) mass is 382 g/mol. The van der Waals surface area contributed by atoms with Crippen LogP contribution in [0, 0.1) is 0 Å². The van der Waals surface area contributed by atoms with Crippen LogP contribution in [0.25, 0.3) is 0 Å². The molecule has 1 aromatic carbocycles. The van der Waals surface area contributed by atoms with E-state index < -0.39 is 42.9 Å². The van der Waals surface area contributed by atoms with Crippen LogP contribution >= 0.6 is 0 Å². The largest absolute Gasteiger partial charge is 0.388 e. The molecule has 27 heavy (non-hydrogen) atoms. The minimum absolute atomic E-state index is 0.000665. The maximum absolute atomic E-state index is 10.5. The van der Waals surface area contributed by atoms with Gasteiger partial charge in [-0.2, -0.15) is 0 Å². The Morgan fingerprint density at radius 1 is 1.07 bits per heavy atom. The van der Waals surface area contributed by atoms with Gasteiger partial charge < -0.3 is 34.3 Å². The van der Waals surface area contributed by atoms with E-state index in [1.807, 2.05) is 44.2 Å². The SMILES string of the molecule is CC(C)O[C@@H]1CC[C@@H]2O[C@@H]([C@@H](O)COCc3ccccc3)[C@@H](O)[C@@H](O)[C@H]2O1. The van der Waals surface area contributed by atoms with Gasteiger partial charge in [-0.1, -0.05) is 30.3 Å². The molecule has 2 fully saturated rings. The Balaban J connectivity index is 1.52. The van der Waals surface area contributed by atoms with Crippen molar-refractivity contribution in [2.75, 3.05) is 6.61 Å². The minimum atomic E-state index is -1.26. The van der Waals surface area contributed by atoms with E-state index in [2.05, 4.69) is 0 Å². The third-order valence-corrected chi connectivity index (χ3v) is 4.92. The molecule has 0 aliphatic carbocycles. The first-order valence-electron chi connectivity index (χ1n) is 9.58. The molecule has 7 nitrogen and oxygen atoms in total. The van der Waals surface area contributed by atoms with Crippen molar-refractivity contribution >= 4 is 0 Å². The summed E-state index contributed by atoms with van der Waals surface area (Å²) in [6, 6.07) is 9.62. The lowest BCUT2D eigenvalue weighted by Crippen LogP contribution is -2.64. The zero-order valence-corrected chi connectivity index (χ0v) is 15.8. The summed E-state index contributed by atoms with van der Waals surface area (Å²) in [5.74, 6) is 0. The zero-order valence-electron chi connectivity index (χ0n) is 15.8. The molecule has 0 aromatic heterocycles. The van der Waals surface area contributed by atoms with Crippen LogP contribution in [0.1, 0.15) is 32.3 Å². The van der Waals surface area contributed by atoms with Gasteiger partial charge in [-0.05, 0) is 25.8 Å². The highest BCUT2D eigenvalue weighted by Crippen LogP contribution is 2.33. The number of aliphatic hydroxyl groups is 3. The Labute approximate surface area is 159 Å². The Morgan fingerprint density at radius 3 is 2.52 bits per heavy atom. The standard InChI is InChI=1S/C20H30O7/c1-12(2)25-16-9-8-15-20(27-16)18(23)17(22)19(26-15)14(21)11-24-10-13-6-4-3-5-7-13/h3-7,12,14-23H,8-11H2,1-2H3/t14-,15-,16-,17-,18+,19-,20-/m0/s1. The van der Waals surface area contributed by atoms with E-state index in [-0.39, 0.29) is 12.7 Å². The van der Waals surface area contributed by atoms with Crippen LogP contribution in [0.4, 0.5) is 0 Å². The smallest absolute Gasteiger partial charge is 0.158 e. The van der Waals surface area contributed by atoms with Crippen molar-refractivity contribution in [2.45, 2.75) is 82.3 Å². The van der Waals surface area contributed by atoms with Crippen molar-refractivity contribution in [3.05, 3.63) is 35.9 Å². The third kappa shape index (κ3) is 5.26. The minimum Gasteiger partial charge on any atom is -0.388 e. The van der Waals surface area contributed by atoms with Crippen LogP contribution in [0.3, 0.4) is 0 Å². The summed E-state index contributed by atoms with van der Waals surface area (Å²) in [7, 11) is 0. The Kier molecular flexibility index (Phi) is 7.22. The van der Waals surface area contributed by atoms with Gasteiger partial charge >= 0.3 is 0 Å². The average molecular weight is 382 g/mol. The predicted octanol–water partition coefficient (Wildman–Crippen LogP) is 0.983. The second kappa shape index (κ2) is 9.43. The fraction of sp³-hybridized carbons (Fsp3) is 0.700. The van der Waals surface area contributed by atoms with Crippen molar-refractivity contribution in [3.63, 3.8) is 0 Å². The molecule has 2 aliphatic heterocycles. The molecule has 3 rings (SSSR count). The van der Waals surface area contributed by atoms with E-state index in [1.54, 1.807) is 0 Å². The molecule has 0 amide bonds. The number of rotatable bonds is 7. The van der Waals surface area contributed by atoms with Crippen molar-refractivity contribution in [1.29, 1.82) is 0 Å². The number of aliphatic hydroxyl groups excluding tert-OH is 3. The molecule has 7 heteroatoms. The molecular formula is C20H30O7. The van der Waals surface area contributed by atoms with Gasteiger partial charge in [0, 0.05) is 6.42 Å². The van der Waals surface area contributed by atoms with Crippen LogP contribution in [0.15, 0.2) is 30.3 Å². The Hall–Kier alpha value is -1.06. The van der Waals surface area contributed by atoms with E-state index in [9.17, 15) is 15.3 Å². The van der Waals surface area contributed by atoms with Gasteiger partial charge in [0.1, 0.15) is 30.5 Å². The maximum atomic E-state index is 10.5. The zero-order chi connectivity index (χ0) is 19.4. The van der Waals surface area contributed by atoms with Crippen LogP contribution in [0.2, 0.25) is 0 Å². The molecule has 0 saturated carbocycles. The maximum Gasteiger partial charge on any atom is 0.158 e. The highest BCUT2D eigenvalue weighted by atomic mass is 16.7. The predicted molar refractivity (Wildman–Crippen MR) is 96.9 cm³/mol.